The zero-order valence-electron chi connectivity index (χ0n) is 17.2. The first-order valence-corrected chi connectivity index (χ1v) is 11.0. The summed E-state index contributed by atoms with van der Waals surface area (Å²) in [5, 5.41) is 15.0. The molecule has 2 aromatic carbocycles. The Morgan fingerprint density at radius 2 is 1.64 bits per heavy atom. The van der Waals surface area contributed by atoms with Gasteiger partial charge in [0.2, 0.25) is 0 Å². The summed E-state index contributed by atoms with van der Waals surface area (Å²) in [5.41, 5.74) is 4.59. The molecule has 28 heavy (non-hydrogen) atoms. The highest BCUT2D eigenvalue weighted by Gasteiger charge is 2.39. The summed E-state index contributed by atoms with van der Waals surface area (Å²) in [5.74, 6) is 0.192. The lowest BCUT2D eigenvalue weighted by Gasteiger charge is -2.42. The van der Waals surface area contributed by atoms with Gasteiger partial charge in [-0.25, -0.2) is 0 Å². The molecular formula is C25H34N2O. The van der Waals surface area contributed by atoms with Crippen LogP contribution in [-0.2, 0) is 0 Å². The SMILES string of the molecule is Cc1ccccc1-c1ccc(C(CN2CCNCC2)C2(O)CCCCC2)cc1. The number of aryl methyl sites for hydroxylation is 1. The molecular weight excluding hydrogens is 344 g/mol. The minimum Gasteiger partial charge on any atom is -0.389 e. The van der Waals surface area contributed by atoms with Crippen LogP contribution < -0.4 is 5.32 Å². The van der Waals surface area contributed by atoms with Gasteiger partial charge in [-0.1, -0.05) is 67.8 Å². The van der Waals surface area contributed by atoms with E-state index in [-0.39, 0.29) is 5.92 Å². The Labute approximate surface area is 169 Å². The molecule has 1 heterocycles. The first-order chi connectivity index (χ1) is 13.7. The second kappa shape index (κ2) is 8.77. The van der Waals surface area contributed by atoms with E-state index in [1.807, 2.05) is 0 Å². The molecule has 0 bridgehead atoms. The molecule has 3 heteroatoms. The zero-order chi connectivity index (χ0) is 19.4. The van der Waals surface area contributed by atoms with E-state index in [0.717, 1.165) is 58.4 Å². The maximum atomic E-state index is 11.6. The maximum absolute atomic E-state index is 11.6. The highest BCUT2D eigenvalue weighted by Crippen LogP contribution is 2.41. The predicted octanol–water partition coefficient (Wildman–Crippen LogP) is 4.35. The van der Waals surface area contributed by atoms with Crippen molar-refractivity contribution in [2.45, 2.75) is 50.5 Å². The summed E-state index contributed by atoms with van der Waals surface area (Å²) >= 11 is 0. The number of aliphatic hydroxyl groups is 1. The highest BCUT2D eigenvalue weighted by atomic mass is 16.3. The number of hydrogen-bond donors (Lipinski definition) is 2. The number of piperazine rings is 1. The molecule has 150 valence electrons. The van der Waals surface area contributed by atoms with Gasteiger partial charge in [0.05, 0.1) is 5.60 Å². The first-order valence-electron chi connectivity index (χ1n) is 11.0. The van der Waals surface area contributed by atoms with Crippen molar-refractivity contribution in [3.63, 3.8) is 0 Å². The smallest absolute Gasteiger partial charge is 0.0728 e. The van der Waals surface area contributed by atoms with E-state index in [4.69, 9.17) is 0 Å². The molecule has 2 fully saturated rings. The molecule has 2 aliphatic rings. The summed E-state index contributed by atoms with van der Waals surface area (Å²) in [6.45, 7) is 7.39. The average molecular weight is 379 g/mol. The Morgan fingerprint density at radius 3 is 2.32 bits per heavy atom. The molecule has 1 atom stereocenters. The third-order valence-corrected chi connectivity index (χ3v) is 6.79. The molecule has 1 saturated carbocycles. The summed E-state index contributed by atoms with van der Waals surface area (Å²) < 4.78 is 0. The van der Waals surface area contributed by atoms with E-state index in [1.165, 1.54) is 28.7 Å². The van der Waals surface area contributed by atoms with E-state index in [9.17, 15) is 5.11 Å². The predicted molar refractivity (Wildman–Crippen MR) is 117 cm³/mol. The molecule has 0 amide bonds. The molecule has 1 aliphatic heterocycles. The van der Waals surface area contributed by atoms with Crippen LogP contribution in [0, 0.1) is 6.92 Å². The lowest BCUT2D eigenvalue weighted by Crippen LogP contribution is -2.49. The molecule has 0 radical (unpaired) electrons. The first kappa shape index (κ1) is 19.6. The number of rotatable bonds is 5. The van der Waals surface area contributed by atoms with Crippen molar-refractivity contribution in [1.82, 2.24) is 10.2 Å². The highest BCUT2D eigenvalue weighted by molar-refractivity contribution is 5.67. The number of nitrogens with one attached hydrogen (secondary N) is 1. The van der Waals surface area contributed by atoms with E-state index in [2.05, 4.69) is 65.7 Å². The zero-order valence-corrected chi connectivity index (χ0v) is 17.2. The minimum absolute atomic E-state index is 0.192. The van der Waals surface area contributed by atoms with Gasteiger partial charge in [-0.3, -0.25) is 0 Å². The van der Waals surface area contributed by atoms with Gasteiger partial charge >= 0.3 is 0 Å². The van der Waals surface area contributed by atoms with Gasteiger partial charge in [-0.15, -0.1) is 0 Å². The van der Waals surface area contributed by atoms with Crippen LogP contribution in [-0.4, -0.2) is 48.3 Å². The van der Waals surface area contributed by atoms with Crippen molar-refractivity contribution in [1.29, 1.82) is 0 Å². The van der Waals surface area contributed by atoms with Gasteiger partial charge in [0, 0.05) is 38.6 Å². The Kier molecular flexibility index (Phi) is 6.15. The van der Waals surface area contributed by atoms with Gasteiger partial charge < -0.3 is 15.3 Å². The monoisotopic (exact) mass is 378 g/mol. The van der Waals surface area contributed by atoms with Crippen molar-refractivity contribution in [2.75, 3.05) is 32.7 Å². The summed E-state index contributed by atoms with van der Waals surface area (Å²) in [6, 6.07) is 17.6. The molecule has 0 aromatic heterocycles. The largest absolute Gasteiger partial charge is 0.389 e. The molecule has 1 saturated heterocycles. The molecule has 0 spiro atoms. The van der Waals surface area contributed by atoms with Gasteiger partial charge in [0.1, 0.15) is 0 Å². The van der Waals surface area contributed by atoms with Crippen LogP contribution in [0.1, 0.15) is 49.1 Å². The molecule has 4 rings (SSSR count). The Bertz CT molecular complexity index is 758. The van der Waals surface area contributed by atoms with Crippen LogP contribution in [0.2, 0.25) is 0 Å². The maximum Gasteiger partial charge on any atom is 0.0728 e. The fourth-order valence-corrected chi connectivity index (χ4v) is 5.04. The van der Waals surface area contributed by atoms with Crippen LogP contribution in [0.25, 0.3) is 11.1 Å². The third-order valence-electron chi connectivity index (χ3n) is 6.79. The quantitative estimate of drug-likeness (QED) is 0.812. The normalized spacial score (nSPS) is 21.4. The van der Waals surface area contributed by atoms with Gasteiger partial charge in [-0.05, 0) is 42.0 Å². The van der Waals surface area contributed by atoms with Crippen molar-refractivity contribution < 1.29 is 5.11 Å². The molecule has 3 nitrogen and oxygen atoms in total. The molecule has 1 aliphatic carbocycles. The second-order valence-electron chi connectivity index (χ2n) is 8.70. The third kappa shape index (κ3) is 4.32. The second-order valence-corrected chi connectivity index (χ2v) is 8.70. The molecule has 1 unspecified atom stereocenters. The van der Waals surface area contributed by atoms with E-state index < -0.39 is 5.60 Å². The molecule has 2 N–H and O–H groups in total. The van der Waals surface area contributed by atoms with Crippen molar-refractivity contribution in [3.05, 3.63) is 59.7 Å². The molecule has 2 aromatic rings. The number of hydrogen-bond acceptors (Lipinski definition) is 3. The number of nitrogens with zero attached hydrogens (tertiary/aromatic N) is 1. The van der Waals surface area contributed by atoms with E-state index in [0.29, 0.717) is 0 Å². The summed E-state index contributed by atoms with van der Waals surface area (Å²) in [4.78, 5) is 2.53. The Balaban J connectivity index is 1.61. The van der Waals surface area contributed by atoms with Crippen LogP contribution in [0.3, 0.4) is 0 Å². The van der Waals surface area contributed by atoms with Crippen LogP contribution in [0.5, 0.6) is 0 Å². The Morgan fingerprint density at radius 1 is 0.964 bits per heavy atom. The van der Waals surface area contributed by atoms with Gasteiger partial charge in [0.25, 0.3) is 0 Å². The fourth-order valence-electron chi connectivity index (χ4n) is 5.04. The van der Waals surface area contributed by atoms with Gasteiger partial charge in [-0.2, -0.15) is 0 Å². The van der Waals surface area contributed by atoms with Crippen LogP contribution >= 0.6 is 0 Å². The Hall–Kier alpha value is -1.68. The minimum atomic E-state index is -0.562. The van der Waals surface area contributed by atoms with Crippen molar-refractivity contribution >= 4 is 0 Å². The van der Waals surface area contributed by atoms with Crippen LogP contribution in [0.15, 0.2) is 48.5 Å². The number of benzene rings is 2. The summed E-state index contributed by atoms with van der Waals surface area (Å²) in [7, 11) is 0. The van der Waals surface area contributed by atoms with Crippen molar-refractivity contribution in [2.24, 2.45) is 0 Å². The lowest BCUT2D eigenvalue weighted by atomic mass is 9.72. The lowest BCUT2D eigenvalue weighted by molar-refractivity contribution is -0.0316. The average Bonchev–Trinajstić information content (AvgIpc) is 2.74. The van der Waals surface area contributed by atoms with Gasteiger partial charge in [0.15, 0.2) is 0 Å². The summed E-state index contributed by atoms with van der Waals surface area (Å²) in [6.07, 6.45) is 5.42. The van der Waals surface area contributed by atoms with E-state index >= 15 is 0 Å². The van der Waals surface area contributed by atoms with Crippen molar-refractivity contribution in [3.8, 4) is 11.1 Å². The standard InChI is InChI=1S/C25H34N2O/c1-20-7-3-4-8-23(20)21-9-11-22(12-10-21)24(19-27-17-15-26-16-18-27)25(28)13-5-2-6-14-25/h3-4,7-12,24,26,28H,2,5-6,13-19H2,1H3. The fraction of sp³-hybridized carbons (Fsp3) is 0.520. The van der Waals surface area contributed by atoms with Crippen LogP contribution in [0.4, 0.5) is 0 Å². The topological polar surface area (TPSA) is 35.5 Å². The van der Waals surface area contributed by atoms with E-state index in [1.54, 1.807) is 0 Å².